The van der Waals surface area contributed by atoms with Gasteiger partial charge in [0, 0.05) is 11.4 Å². The third-order valence-electron chi connectivity index (χ3n) is 2.94. The Hall–Kier alpha value is -1.07. The maximum absolute atomic E-state index is 12.1. The first-order valence-electron chi connectivity index (χ1n) is 5.86. The minimum atomic E-state index is 0.00157. The summed E-state index contributed by atoms with van der Waals surface area (Å²) in [5, 5.41) is 5.05. The number of ether oxygens (including phenoxy) is 1. The highest BCUT2D eigenvalue weighted by Crippen LogP contribution is 2.18. The summed E-state index contributed by atoms with van der Waals surface area (Å²) in [5.41, 5.74) is 0. The van der Waals surface area contributed by atoms with Crippen molar-refractivity contribution in [2.24, 2.45) is 0 Å². The smallest absolute Gasteiger partial charge is 0.318 e. The van der Waals surface area contributed by atoms with E-state index >= 15 is 0 Å². The lowest BCUT2D eigenvalue weighted by molar-refractivity contribution is 0.0185. The number of morpholine rings is 1. The Kier molecular flexibility index (Phi) is 4.02. The van der Waals surface area contributed by atoms with Gasteiger partial charge in [0.05, 0.1) is 25.3 Å². The van der Waals surface area contributed by atoms with Crippen LogP contribution in [0.3, 0.4) is 0 Å². The van der Waals surface area contributed by atoms with Crippen molar-refractivity contribution in [1.82, 2.24) is 10.2 Å². The van der Waals surface area contributed by atoms with Crippen molar-refractivity contribution in [2.75, 3.05) is 19.8 Å². The number of amides is 2. The molecule has 1 fully saturated rings. The minimum Gasteiger partial charge on any atom is -0.377 e. The molecule has 1 aliphatic heterocycles. The predicted molar refractivity (Wildman–Crippen MR) is 68.3 cm³/mol. The summed E-state index contributed by atoms with van der Waals surface area (Å²) in [4.78, 5) is 15.1. The molecule has 0 radical (unpaired) electrons. The molecule has 2 heterocycles. The van der Waals surface area contributed by atoms with Crippen LogP contribution in [-0.4, -0.2) is 36.7 Å². The van der Waals surface area contributed by atoms with E-state index < -0.39 is 0 Å². The molecular weight excluding hydrogens is 236 g/mol. The third-order valence-corrected chi connectivity index (χ3v) is 3.99. The molecule has 1 aliphatic rings. The summed E-state index contributed by atoms with van der Waals surface area (Å²) >= 11 is 1.66. The molecule has 2 rings (SSSR count). The quantitative estimate of drug-likeness (QED) is 0.879. The summed E-state index contributed by atoms with van der Waals surface area (Å²) in [6.07, 6.45) is 0. The van der Waals surface area contributed by atoms with Crippen LogP contribution in [0.5, 0.6) is 0 Å². The molecular formula is C12H18N2O2S. The van der Waals surface area contributed by atoms with Crippen LogP contribution in [0.15, 0.2) is 17.5 Å². The van der Waals surface area contributed by atoms with E-state index in [-0.39, 0.29) is 18.1 Å². The molecule has 0 aromatic carbocycles. The predicted octanol–water partition coefficient (Wildman–Crippen LogP) is 2.24. The highest BCUT2D eigenvalue weighted by Gasteiger charge is 2.24. The van der Waals surface area contributed by atoms with Crippen molar-refractivity contribution in [3.8, 4) is 0 Å². The Labute approximate surface area is 106 Å². The van der Waals surface area contributed by atoms with Crippen LogP contribution in [0.4, 0.5) is 4.79 Å². The number of rotatable bonds is 2. The van der Waals surface area contributed by atoms with Gasteiger partial charge in [0.2, 0.25) is 0 Å². The zero-order chi connectivity index (χ0) is 12.3. The Morgan fingerprint density at radius 2 is 2.53 bits per heavy atom. The van der Waals surface area contributed by atoms with Gasteiger partial charge in [-0.1, -0.05) is 6.07 Å². The van der Waals surface area contributed by atoms with Gasteiger partial charge in [-0.05, 0) is 25.3 Å². The average molecular weight is 254 g/mol. The van der Waals surface area contributed by atoms with Gasteiger partial charge in [-0.2, -0.15) is 0 Å². The summed E-state index contributed by atoms with van der Waals surface area (Å²) in [7, 11) is 0. The molecule has 17 heavy (non-hydrogen) atoms. The monoisotopic (exact) mass is 254 g/mol. The van der Waals surface area contributed by atoms with Crippen LogP contribution in [0.1, 0.15) is 24.8 Å². The molecule has 1 N–H and O–H groups in total. The van der Waals surface area contributed by atoms with E-state index in [0.29, 0.717) is 19.8 Å². The molecule has 2 atom stereocenters. The fourth-order valence-corrected chi connectivity index (χ4v) is 2.64. The van der Waals surface area contributed by atoms with Crippen molar-refractivity contribution in [3.63, 3.8) is 0 Å². The molecule has 2 amide bonds. The second kappa shape index (κ2) is 5.51. The van der Waals surface area contributed by atoms with Crippen molar-refractivity contribution >= 4 is 17.4 Å². The Morgan fingerprint density at radius 3 is 3.18 bits per heavy atom. The first-order chi connectivity index (χ1) is 8.18. The third kappa shape index (κ3) is 2.98. The van der Waals surface area contributed by atoms with E-state index in [1.807, 2.05) is 36.3 Å². The lowest BCUT2D eigenvalue weighted by Crippen LogP contribution is -2.51. The summed E-state index contributed by atoms with van der Waals surface area (Å²) < 4.78 is 5.32. The second-order valence-electron chi connectivity index (χ2n) is 4.30. The lowest BCUT2D eigenvalue weighted by atomic mass is 10.2. The maximum atomic E-state index is 12.1. The molecule has 4 nitrogen and oxygen atoms in total. The molecule has 94 valence electrons. The van der Waals surface area contributed by atoms with Gasteiger partial charge >= 0.3 is 6.03 Å². The van der Waals surface area contributed by atoms with Gasteiger partial charge in [0.15, 0.2) is 0 Å². The van der Waals surface area contributed by atoms with Gasteiger partial charge in [-0.3, -0.25) is 0 Å². The van der Waals surface area contributed by atoms with Crippen LogP contribution in [-0.2, 0) is 4.74 Å². The minimum absolute atomic E-state index is 0.00157. The number of hydrogen-bond donors (Lipinski definition) is 1. The molecule has 1 aromatic heterocycles. The number of hydrogen-bond acceptors (Lipinski definition) is 3. The van der Waals surface area contributed by atoms with Crippen molar-refractivity contribution in [2.45, 2.75) is 25.9 Å². The highest BCUT2D eigenvalue weighted by molar-refractivity contribution is 7.10. The average Bonchev–Trinajstić information content (AvgIpc) is 2.82. The van der Waals surface area contributed by atoms with Gasteiger partial charge in [0.25, 0.3) is 0 Å². The molecule has 1 aromatic rings. The number of carbonyl (C=O) groups excluding carboxylic acids is 1. The van der Waals surface area contributed by atoms with Gasteiger partial charge in [-0.15, -0.1) is 11.3 Å². The van der Waals surface area contributed by atoms with Crippen LogP contribution < -0.4 is 5.32 Å². The van der Waals surface area contributed by atoms with Crippen LogP contribution in [0, 0.1) is 0 Å². The van der Waals surface area contributed by atoms with E-state index in [1.165, 1.54) is 4.88 Å². The zero-order valence-electron chi connectivity index (χ0n) is 10.2. The van der Waals surface area contributed by atoms with Crippen molar-refractivity contribution < 1.29 is 9.53 Å². The number of thiophene rings is 1. The van der Waals surface area contributed by atoms with Crippen LogP contribution in [0.25, 0.3) is 0 Å². The Bertz CT molecular complexity index is 367. The van der Waals surface area contributed by atoms with Gasteiger partial charge in [-0.25, -0.2) is 4.79 Å². The molecule has 0 saturated carbocycles. The molecule has 0 bridgehead atoms. The first-order valence-corrected chi connectivity index (χ1v) is 6.74. The highest BCUT2D eigenvalue weighted by atomic mass is 32.1. The largest absolute Gasteiger partial charge is 0.377 e. The van der Waals surface area contributed by atoms with Gasteiger partial charge in [0.1, 0.15) is 0 Å². The summed E-state index contributed by atoms with van der Waals surface area (Å²) in [6, 6.07) is 4.26. The van der Waals surface area contributed by atoms with Crippen LogP contribution >= 0.6 is 11.3 Å². The fourth-order valence-electron chi connectivity index (χ4n) is 1.91. The van der Waals surface area contributed by atoms with E-state index in [2.05, 4.69) is 5.32 Å². The number of urea groups is 1. The molecule has 1 saturated heterocycles. The van der Waals surface area contributed by atoms with Crippen LogP contribution in [0.2, 0.25) is 0 Å². The van der Waals surface area contributed by atoms with E-state index in [4.69, 9.17) is 4.74 Å². The Balaban J connectivity index is 1.92. The summed E-state index contributed by atoms with van der Waals surface area (Å²) in [6.45, 7) is 5.94. The van der Waals surface area contributed by atoms with E-state index in [9.17, 15) is 4.79 Å². The molecule has 5 heteroatoms. The van der Waals surface area contributed by atoms with E-state index in [0.717, 1.165) is 0 Å². The SMILES string of the molecule is C[C@@H]1COCCN1C(=O)N[C@H](C)c1cccs1. The van der Waals surface area contributed by atoms with Crippen molar-refractivity contribution in [3.05, 3.63) is 22.4 Å². The zero-order valence-corrected chi connectivity index (χ0v) is 11.0. The Morgan fingerprint density at radius 1 is 1.71 bits per heavy atom. The standard InChI is InChI=1S/C12H18N2O2S/c1-9-8-16-6-5-14(9)12(15)13-10(2)11-4-3-7-17-11/h3-4,7,9-10H,5-6,8H2,1-2H3,(H,13,15)/t9-,10-/m1/s1. The number of nitrogens with one attached hydrogen (secondary N) is 1. The topological polar surface area (TPSA) is 41.6 Å². The molecule has 0 spiro atoms. The summed E-state index contributed by atoms with van der Waals surface area (Å²) in [5.74, 6) is 0. The van der Waals surface area contributed by atoms with Gasteiger partial charge < -0.3 is 15.0 Å². The molecule has 0 unspecified atom stereocenters. The maximum Gasteiger partial charge on any atom is 0.318 e. The number of carbonyl (C=O) groups is 1. The lowest BCUT2D eigenvalue weighted by Gasteiger charge is -2.34. The van der Waals surface area contributed by atoms with E-state index in [1.54, 1.807) is 11.3 Å². The fraction of sp³-hybridized carbons (Fsp3) is 0.583. The normalized spacial score (nSPS) is 22.2. The van der Waals surface area contributed by atoms with Crippen molar-refractivity contribution in [1.29, 1.82) is 0 Å². The second-order valence-corrected chi connectivity index (χ2v) is 5.28. The first kappa shape index (κ1) is 12.4. The molecule has 0 aliphatic carbocycles. The number of nitrogens with zero attached hydrogens (tertiary/aromatic N) is 1.